The Morgan fingerprint density at radius 3 is 2.31 bits per heavy atom. The summed E-state index contributed by atoms with van der Waals surface area (Å²) in [7, 11) is 1.49. The van der Waals surface area contributed by atoms with E-state index in [2.05, 4.69) is 5.32 Å². The fourth-order valence-electron chi connectivity index (χ4n) is 3.58. The highest BCUT2D eigenvalue weighted by Crippen LogP contribution is 2.34. The number of hydrogen-bond acceptors (Lipinski definition) is 4. The number of rotatable bonds is 5. The molecule has 1 fully saturated rings. The first-order chi connectivity index (χ1) is 16.7. The molecule has 0 aromatic heterocycles. The highest BCUT2D eigenvalue weighted by atomic mass is 35.5. The number of methoxy groups -OCH3 is 1. The first-order valence-electron chi connectivity index (χ1n) is 10.2. The quantitative estimate of drug-likeness (QED) is 0.288. The number of barbiturate groups is 1. The van der Waals surface area contributed by atoms with E-state index in [0.717, 1.165) is 10.5 Å². The third kappa shape index (κ3) is 5.16. The summed E-state index contributed by atoms with van der Waals surface area (Å²) in [6.07, 6.45) is 1.75. The molecule has 10 heteroatoms. The molecular weight excluding hydrogens is 534 g/mol. The van der Waals surface area contributed by atoms with Crippen LogP contribution in [-0.2, 0) is 16.0 Å². The van der Waals surface area contributed by atoms with Gasteiger partial charge in [-0.3, -0.25) is 14.9 Å². The summed E-state index contributed by atoms with van der Waals surface area (Å²) in [6, 6.07) is 14.0. The van der Waals surface area contributed by atoms with Gasteiger partial charge in [-0.05, 0) is 53.6 Å². The Balaban J connectivity index is 1.72. The monoisotopic (exact) mass is 548 g/mol. The molecule has 3 aromatic carbocycles. The Bertz CT molecular complexity index is 1400. The van der Waals surface area contributed by atoms with Gasteiger partial charge in [-0.25, -0.2) is 9.69 Å². The van der Waals surface area contributed by atoms with Gasteiger partial charge in [-0.2, -0.15) is 0 Å². The molecule has 4 rings (SSSR count). The Hall–Kier alpha value is -3.03. The van der Waals surface area contributed by atoms with Crippen molar-refractivity contribution in [3.63, 3.8) is 0 Å². The van der Waals surface area contributed by atoms with E-state index in [1.165, 1.54) is 31.4 Å². The molecule has 178 valence electrons. The molecule has 1 saturated heterocycles. The minimum absolute atomic E-state index is 0.151. The van der Waals surface area contributed by atoms with Crippen LogP contribution in [0.2, 0.25) is 20.1 Å². The first kappa shape index (κ1) is 25.1. The summed E-state index contributed by atoms with van der Waals surface area (Å²) in [5.41, 5.74) is 1.87. The molecule has 1 aliphatic heterocycles. The Kier molecular flexibility index (Phi) is 7.38. The summed E-state index contributed by atoms with van der Waals surface area (Å²) < 4.78 is 5.52. The molecule has 1 aliphatic rings. The third-order valence-electron chi connectivity index (χ3n) is 5.30. The van der Waals surface area contributed by atoms with Gasteiger partial charge in [0.2, 0.25) is 0 Å². The standard InChI is InChI=1S/C25H16Cl4N2O4/c1-35-22-10-13(9-20(28)16(22)11-14-4-2-3-5-18(14)26)8-17-23(32)30-25(34)31(24(17)33)15-6-7-19(27)21(29)12-15/h2-10,12H,11H2,1H3,(H,30,32,34)/b17-8+. The molecule has 1 heterocycles. The number of amides is 4. The van der Waals surface area contributed by atoms with Crippen molar-refractivity contribution in [2.45, 2.75) is 6.42 Å². The van der Waals surface area contributed by atoms with Gasteiger partial charge in [0, 0.05) is 22.0 Å². The lowest BCUT2D eigenvalue weighted by atomic mass is 10.00. The van der Waals surface area contributed by atoms with Crippen LogP contribution in [0, 0.1) is 0 Å². The number of urea groups is 1. The van der Waals surface area contributed by atoms with Crippen LogP contribution < -0.4 is 15.0 Å². The van der Waals surface area contributed by atoms with Gasteiger partial charge >= 0.3 is 6.03 Å². The maximum Gasteiger partial charge on any atom is 0.335 e. The van der Waals surface area contributed by atoms with E-state index in [0.29, 0.717) is 33.3 Å². The second kappa shape index (κ2) is 10.3. The fourth-order valence-corrected chi connectivity index (χ4v) is 4.36. The Labute approximate surface area is 221 Å². The van der Waals surface area contributed by atoms with Crippen LogP contribution in [0.5, 0.6) is 5.75 Å². The maximum absolute atomic E-state index is 13.2. The van der Waals surface area contributed by atoms with Gasteiger partial charge in [0.1, 0.15) is 11.3 Å². The lowest BCUT2D eigenvalue weighted by Gasteiger charge is -2.26. The molecule has 0 atom stereocenters. The number of anilines is 1. The molecule has 0 radical (unpaired) electrons. The number of hydrogen-bond donors (Lipinski definition) is 1. The zero-order chi connectivity index (χ0) is 25.3. The highest BCUT2D eigenvalue weighted by molar-refractivity contribution is 6.43. The van der Waals surface area contributed by atoms with Crippen LogP contribution in [0.4, 0.5) is 10.5 Å². The number of carbonyl (C=O) groups is 3. The molecule has 0 spiro atoms. The van der Waals surface area contributed by atoms with Crippen molar-refractivity contribution >= 4 is 76.0 Å². The van der Waals surface area contributed by atoms with Crippen LogP contribution in [0.25, 0.3) is 6.08 Å². The smallest absolute Gasteiger partial charge is 0.335 e. The number of halogens is 4. The van der Waals surface area contributed by atoms with Gasteiger partial charge in [0.25, 0.3) is 11.8 Å². The maximum atomic E-state index is 13.2. The van der Waals surface area contributed by atoms with Crippen LogP contribution in [0.3, 0.4) is 0 Å². The topological polar surface area (TPSA) is 75.7 Å². The van der Waals surface area contributed by atoms with E-state index < -0.39 is 17.8 Å². The van der Waals surface area contributed by atoms with Crippen LogP contribution in [0.1, 0.15) is 16.7 Å². The van der Waals surface area contributed by atoms with E-state index in [1.807, 2.05) is 18.2 Å². The molecule has 1 N–H and O–H groups in total. The SMILES string of the molecule is COc1cc(/C=C2\C(=O)NC(=O)N(c3ccc(Cl)c(Cl)c3)C2=O)cc(Cl)c1Cc1ccccc1Cl. The van der Waals surface area contributed by atoms with Crippen LogP contribution >= 0.6 is 46.4 Å². The fraction of sp³-hybridized carbons (Fsp3) is 0.0800. The molecule has 0 saturated carbocycles. The number of nitrogens with zero attached hydrogens (tertiary/aromatic N) is 1. The van der Waals surface area contributed by atoms with E-state index in [-0.39, 0.29) is 21.3 Å². The van der Waals surface area contributed by atoms with Crippen molar-refractivity contribution in [1.82, 2.24) is 5.32 Å². The molecule has 35 heavy (non-hydrogen) atoms. The average molecular weight is 550 g/mol. The molecule has 6 nitrogen and oxygen atoms in total. The van der Waals surface area contributed by atoms with Crippen molar-refractivity contribution in [2.75, 3.05) is 12.0 Å². The predicted octanol–water partition coefficient (Wildman–Crippen LogP) is 6.57. The minimum Gasteiger partial charge on any atom is -0.496 e. The summed E-state index contributed by atoms with van der Waals surface area (Å²) in [5, 5.41) is 3.52. The van der Waals surface area contributed by atoms with Crippen molar-refractivity contribution in [2.24, 2.45) is 0 Å². The van der Waals surface area contributed by atoms with E-state index in [9.17, 15) is 14.4 Å². The number of nitrogens with one attached hydrogen (secondary N) is 1. The second-order valence-corrected chi connectivity index (χ2v) is 9.14. The van der Waals surface area contributed by atoms with E-state index in [1.54, 1.807) is 18.2 Å². The zero-order valence-corrected chi connectivity index (χ0v) is 21.1. The summed E-state index contributed by atoms with van der Waals surface area (Å²) in [4.78, 5) is 38.9. The molecule has 3 aromatic rings. The van der Waals surface area contributed by atoms with Crippen molar-refractivity contribution in [1.29, 1.82) is 0 Å². The average Bonchev–Trinajstić information content (AvgIpc) is 2.81. The van der Waals surface area contributed by atoms with Gasteiger partial charge in [0.15, 0.2) is 0 Å². The Morgan fingerprint density at radius 1 is 0.886 bits per heavy atom. The summed E-state index contributed by atoms with van der Waals surface area (Å²) in [6.45, 7) is 0. The van der Waals surface area contributed by atoms with Gasteiger partial charge < -0.3 is 4.74 Å². The number of carbonyl (C=O) groups excluding carboxylic acids is 3. The van der Waals surface area contributed by atoms with Crippen molar-refractivity contribution in [3.05, 3.63) is 97.0 Å². The predicted molar refractivity (Wildman–Crippen MR) is 138 cm³/mol. The number of ether oxygens (including phenoxy) is 1. The molecule has 0 bridgehead atoms. The number of imide groups is 2. The van der Waals surface area contributed by atoms with Crippen molar-refractivity contribution in [3.8, 4) is 5.75 Å². The summed E-state index contributed by atoms with van der Waals surface area (Å²) >= 11 is 24.8. The second-order valence-electron chi connectivity index (χ2n) is 7.51. The van der Waals surface area contributed by atoms with E-state index in [4.69, 9.17) is 51.1 Å². The van der Waals surface area contributed by atoms with Crippen LogP contribution in [0.15, 0.2) is 60.2 Å². The normalized spacial score (nSPS) is 14.9. The lowest BCUT2D eigenvalue weighted by molar-refractivity contribution is -0.122. The Morgan fingerprint density at radius 2 is 1.63 bits per heavy atom. The van der Waals surface area contributed by atoms with Gasteiger partial charge in [0.05, 0.1) is 22.8 Å². The van der Waals surface area contributed by atoms with Gasteiger partial charge in [-0.1, -0.05) is 64.6 Å². The van der Waals surface area contributed by atoms with E-state index >= 15 is 0 Å². The molecule has 0 unspecified atom stereocenters. The van der Waals surface area contributed by atoms with Gasteiger partial charge in [-0.15, -0.1) is 0 Å². The molecule has 0 aliphatic carbocycles. The molecular formula is C25H16Cl4N2O4. The summed E-state index contributed by atoms with van der Waals surface area (Å²) in [5.74, 6) is -1.22. The largest absolute Gasteiger partial charge is 0.496 e. The highest BCUT2D eigenvalue weighted by Gasteiger charge is 2.37. The van der Waals surface area contributed by atoms with Crippen molar-refractivity contribution < 1.29 is 19.1 Å². The molecule has 4 amide bonds. The minimum atomic E-state index is -0.902. The van der Waals surface area contributed by atoms with Crippen LogP contribution in [-0.4, -0.2) is 25.0 Å². The number of benzene rings is 3. The third-order valence-corrected chi connectivity index (χ3v) is 6.74. The lowest BCUT2D eigenvalue weighted by Crippen LogP contribution is -2.54. The first-order valence-corrected chi connectivity index (χ1v) is 11.7. The zero-order valence-electron chi connectivity index (χ0n) is 18.1.